The van der Waals surface area contributed by atoms with Gasteiger partial charge in [-0.05, 0) is 115 Å². The van der Waals surface area contributed by atoms with Crippen LogP contribution in [0.4, 0.5) is 17.2 Å². The van der Waals surface area contributed by atoms with Gasteiger partial charge in [-0.1, -0.05) is 107 Å². The molecule has 4 heteroatoms. The maximum Gasteiger partial charge on any atom is 0.137 e. The van der Waals surface area contributed by atoms with Gasteiger partial charge in [0, 0.05) is 34.9 Å². The maximum atomic E-state index is 6.66. The normalized spacial score (nSPS) is 16.1. The summed E-state index contributed by atoms with van der Waals surface area (Å²) in [5.74, 6) is 2.29. The fourth-order valence-corrected chi connectivity index (χ4v) is 8.20. The molecule has 49 heavy (non-hydrogen) atoms. The van der Waals surface area contributed by atoms with E-state index in [1.165, 1.54) is 75.3 Å². The molecule has 5 aromatic rings. The van der Waals surface area contributed by atoms with Gasteiger partial charge in [-0.15, -0.1) is 0 Å². The summed E-state index contributed by atoms with van der Waals surface area (Å²) in [5, 5.41) is 0. The van der Waals surface area contributed by atoms with Gasteiger partial charge >= 0.3 is 0 Å². The Kier molecular flexibility index (Phi) is 10.2. The molecule has 3 aromatic carbocycles. The Hall–Kier alpha value is -4.28. The lowest BCUT2D eigenvalue weighted by molar-refractivity contribution is 0.401. The number of anilines is 3. The molecule has 2 aliphatic carbocycles. The Balaban J connectivity index is 1.20. The van der Waals surface area contributed by atoms with Crippen LogP contribution in [-0.4, -0.2) is 9.97 Å². The van der Waals surface area contributed by atoms with Gasteiger partial charge in [0.25, 0.3) is 0 Å². The van der Waals surface area contributed by atoms with Crippen molar-refractivity contribution in [1.82, 2.24) is 9.97 Å². The van der Waals surface area contributed by atoms with Crippen LogP contribution in [0.5, 0.6) is 0 Å². The highest BCUT2D eigenvalue weighted by Gasteiger charge is 2.25. The third-order valence-corrected chi connectivity index (χ3v) is 11.5. The number of benzene rings is 3. The predicted molar refractivity (Wildman–Crippen MR) is 206 cm³/mol. The number of nitrogens with two attached hydrogens (primary N) is 1. The predicted octanol–water partition coefficient (Wildman–Crippen LogP) is 12.3. The second-order valence-corrected chi connectivity index (χ2v) is 14.4. The molecule has 2 heterocycles. The summed E-state index contributed by atoms with van der Waals surface area (Å²) in [6.45, 7) is 4.26. The van der Waals surface area contributed by atoms with Gasteiger partial charge in [-0.3, -0.25) is 9.88 Å². The molecular weight excluding hydrogens is 597 g/mol. The second-order valence-electron chi connectivity index (χ2n) is 14.4. The standard InChI is InChI=1S/C45H52N4/c1-3-45(46,4-2)43-29-23-37(31-47-43)41-17-11-12-18-42(41)38-24-30-44(48-32-38)49(39-25-19-35(20-26-39)33-13-7-5-8-14-33)40-27-21-36(22-28-40)34-15-9-6-10-16-34/h11-12,17-34H,3-10,13-16,46H2,1-2H3. The van der Waals surface area contributed by atoms with Crippen LogP contribution in [-0.2, 0) is 5.54 Å². The zero-order valence-corrected chi connectivity index (χ0v) is 29.5. The van der Waals surface area contributed by atoms with Crippen molar-refractivity contribution in [2.45, 2.75) is 108 Å². The molecule has 2 fully saturated rings. The first-order valence-electron chi connectivity index (χ1n) is 18.9. The van der Waals surface area contributed by atoms with E-state index in [-0.39, 0.29) is 0 Å². The molecule has 0 unspecified atom stereocenters. The Morgan fingerprint density at radius 3 is 1.45 bits per heavy atom. The lowest BCUT2D eigenvalue weighted by Gasteiger charge is -2.27. The Bertz CT molecular complexity index is 1710. The zero-order chi connectivity index (χ0) is 33.6. The highest BCUT2D eigenvalue weighted by atomic mass is 15.2. The van der Waals surface area contributed by atoms with E-state index >= 15 is 0 Å². The summed E-state index contributed by atoms with van der Waals surface area (Å²) in [7, 11) is 0. The summed E-state index contributed by atoms with van der Waals surface area (Å²) in [4.78, 5) is 12.3. The third-order valence-electron chi connectivity index (χ3n) is 11.5. The summed E-state index contributed by atoms with van der Waals surface area (Å²) in [6, 6.07) is 35.8. The first kappa shape index (κ1) is 33.2. The van der Waals surface area contributed by atoms with Gasteiger partial charge in [-0.25, -0.2) is 4.98 Å². The number of pyridine rings is 2. The number of nitrogens with zero attached hydrogens (tertiary/aromatic N) is 3. The Morgan fingerprint density at radius 2 is 1.04 bits per heavy atom. The maximum absolute atomic E-state index is 6.66. The summed E-state index contributed by atoms with van der Waals surface area (Å²) in [6.07, 6.45) is 19.1. The van der Waals surface area contributed by atoms with Gasteiger partial charge in [-0.2, -0.15) is 0 Å². The number of rotatable bonds is 10. The molecule has 2 aliphatic rings. The smallest absolute Gasteiger partial charge is 0.137 e. The molecule has 2 saturated carbocycles. The average Bonchev–Trinajstić information content (AvgIpc) is 3.19. The van der Waals surface area contributed by atoms with Crippen molar-refractivity contribution in [3.8, 4) is 22.3 Å². The van der Waals surface area contributed by atoms with Crippen molar-refractivity contribution in [3.05, 3.63) is 126 Å². The Morgan fingerprint density at radius 1 is 0.571 bits per heavy atom. The highest BCUT2D eigenvalue weighted by Crippen LogP contribution is 2.40. The molecular formula is C45H52N4. The molecule has 0 atom stereocenters. The molecule has 252 valence electrons. The molecule has 0 bridgehead atoms. The number of aromatic nitrogens is 2. The molecule has 0 radical (unpaired) electrons. The quantitative estimate of drug-likeness (QED) is 0.164. The van der Waals surface area contributed by atoms with Crippen LogP contribution in [0, 0.1) is 0 Å². The second kappa shape index (κ2) is 15.1. The summed E-state index contributed by atoms with van der Waals surface area (Å²) >= 11 is 0. The van der Waals surface area contributed by atoms with Crippen LogP contribution in [0.2, 0.25) is 0 Å². The van der Waals surface area contributed by atoms with Crippen LogP contribution in [0.1, 0.15) is 120 Å². The molecule has 0 amide bonds. The summed E-state index contributed by atoms with van der Waals surface area (Å²) < 4.78 is 0. The van der Waals surface area contributed by atoms with Crippen molar-refractivity contribution in [1.29, 1.82) is 0 Å². The van der Waals surface area contributed by atoms with E-state index in [0.717, 1.165) is 58.0 Å². The van der Waals surface area contributed by atoms with Crippen molar-refractivity contribution < 1.29 is 0 Å². The van der Waals surface area contributed by atoms with Crippen LogP contribution in [0.3, 0.4) is 0 Å². The van der Waals surface area contributed by atoms with E-state index < -0.39 is 5.54 Å². The molecule has 2 aromatic heterocycles. The minimum absolute atomic E-state index is 0.393. The zero-order valence-electron chi connectivity index (χ0n) is 29.5. The van der Waals surface area contributed by atoms with Crippen LogP contribution >= 0.6 is 0 Å². The molecule has 4 nitrogen and oxygen atoms in total. The van der Waals surface area contributed by atoms with Crippen LogP contribution in [0.25, 0.3) is 22.3 Å². The van der Waals surface area contributed by atoms with Crippen molar-refractivity contribution in [3.63, 3.8) is 0 Å². The van der Waals surface area contributed by atoms with E-state index in [1.54, 1.807) is 0 Å². The van der Waals surface area contributed by atoms with Gasteiger partial charge in [0.05, 0.1) is 11.2 Å². The largest absolute Gasteiger partial charge is 0.320 e. The highest BCUT2D eigenvalue weighted by molar-refractivity contribution is 5.84. The minimum Gasteiger partial charge on any atom is -0.320 e. The van der Waals surface area contributed by atoms with Crippen LogP contribution in [0.15, 0.2) is 109 Å². The first-order valence-corrected chi connectivity index (χ1v) is 18.9. The Labute approximate surface area is 293 Å². The van der Waals surface area contributed by atoms with Gasteiger partial charge in [0.15, 0.2) is 0 Å². The van der Waals surface area contributed by atoms with Crippen molar-refractivity contribution in [2.24, 2.45) is 5.73 Å². The monoisotopic (exact) mass is 648 g/mol. The van der Waals surface area contributed by atoms with E-state index in [4.69, 9.17) is 15.7 Å². The van der Waals surface area contributed by atoms with Gasteiger partial charge in [0.1, 0.15) is 5.82 Å². The number of hydrogen-bond acceptors (Lipinski definition) is 4. The van der Waals surface area contributed by atoms with E-state index in [0.29, 0.717) is 11.8 Å². The van der Waals surface area contributed by atoms with Gasteiger partial charge < -0.3 is 5.73 Å². The fraction of sp³-hybridized carbons (Fsp3) is 0.378. The molecule has 0 aliphatic heterocycles. The lowest BCUT2D eigenvalue weighted by Crippen LogP contribution is -2.35. The van der Waals surface area contributed by atoms with E-state index in [1.807, 2.05) is 12.4 Å². The topological polar surface area (TPSA) is 55.0 Å². The first-order chi connectivity index (χ1) is 24.1. The molecule has 2 N–H and O–H groups in total. The van der Waals surface area contributed by atoms with Gasteiger partial charge in [0.2, 0.25) is 0 Å². The number of hydrogen-bond donors (Lipinski definition) is 1. The average molecular weight is 649 g/mol. The van der Waals surface area contributed by atoms with E-state index in [2.05, 4.69) is 116 Å². The fourth-order valence-electron chi connectivity index (χ4n) is 8.20. The van der Waals surface area contributed by atoms with E-state index in [9.17, 15) is 0 Å². The minimum atomic E-state index is -0.393. The lowest BCUT2D eigenvalue weighted by atomic mass is 9.84. The summed E-state index contributed by atoms with van der Waals surface area (Å²) in [5.41, 5.74) is 16.9. The third kappa shape index (κ3) is 7.21. The van der Waals surface area contributed by atoms with Crippen molar-refractivity contribution >= 4 is 17.2 Å². The SMILES string of the molecule is CCC(N)(CC)c1ccc(-c2ccccc2-c2ccc(N(c3ccc(C4CCCCC4)cc3)c3ccc(C4CCCCC4)cc3)nc2)cn1. The molecule has 7 rings (SSSR count). The van der Waals surface area contributed by atoms with Crippen molar-refractivity contribution in [2.75, 3.05) is 4.90 Å². The molecule has 0 saturated heterocycles. The molecule has 0 spiro atoms. The van der Waals surface area contributed by atoms with Crippen LogP contribution < -0.4 is 10.6 Å².